The molecular formula is C13H13N3O. The van der Waals surface area contributed by atoms with E-state index in [9.17, 15) is 4.79 Å². The minimum absolute atomic E-state index is 0.0997. The topological polar surface area (TPSA) is 46.9 Å². The van der Waals surface area contributed by atoms with Gasteiger partial charge in [0.15, 0.2) is 0 Å². The fourth-order valence-electron chi connectivity index (χ4n) is 1.75. The Bertz CT molecular complexity index is 529. The first kappa shape index (κ1) is 10.1. The molecule has 0 saturated heterocycles. The van der Waals surface area contributed by atoms with Gasteiger partial charge in [0, 0.05) is 12.0 Å². The second-order valence-corrected chi connectivity index (χ2v) is 4.23. The summed E-state index contributed by atoms with van der Waals surface area (Å²) >= 11 is 0. The van der Waals surface area contributed by atoms with Gasteiger partial charge in [-0.3, -0.25) is 4.79 Å². The average molecular weight is 227 g/mol. The number of para-hydroxylation sites is 1. The van der Waals surface area contributed by atoms with Crippen molar-refractivity contribution in [2.45, 2.75) is 12.8 Å². The minimum atomic E-state index is 0.0997. The highest BCUT2D eigenvalue weighted by Gasteiger charge is 2.30. The predicted octanol–water partition coefficient (Wildman–Crippen LogP) is 2.22. The van der Waals surface area contributed by atoms with Gasteiger partial charge < -0.3 is 5.32 Å². The summed E-state index contributed by atoms with van der Waals surface area (Å²) in [4.78, 5) is 11.7. The predicted molar refractivity (Wildman–Crippen MR) is 64.9 cm³/mol. The lowest BCUT2D eigenvalue weighted by Gasteiger charge is -2.08. The van der Waals surface area contributed by atoms with Crippen molar-refractivity contribution in [3.8, 4) is 5.69 Å². The molecule has 0 unspecified atom stereocenters. The summed E-state index contributed by atoms with van der Waals surface area (Å²) in [6.45, 7) is 0. The molecule has 0 aliphatic heterocycles. The number of nitrogens with zero attached hydrogens (tertiary/aromatic N) is 2. The van der Waals surface area contributed by atoms with E-state index in [0.29, 0.717) is 0 Å². The Morgan fingerprint density at radius 1 is 1.24 bits per heavy atom. The van der Waals surface area contributed by atoms with Crippen molar-refractivity contribution in [2.75, 3.05) is 5.32 Å². The summed E-state index contributed by atoms with van der Waals surface area (Å²) in [7, 11) is 0. The minimum Gasteiger partial charge on any atom is -0.310 e. The molecule has 0 atom stereocenters. The monoisotopic (exact) mass is 227 g/mol. The molecule has 3 rings (SSSR count). The van der Waals surface area contributed by atoms with Crippen molar-refractivity contribution >= 4 is 11.7 Å². The van der Waals surface area contributed by atoms with Gasteiger partial charge in [0.25, 0.3) is 0 Å². The van der Waals surface area contributed by atoms with E-state index in [2.05, 4.69) is 10.4 Å². The van der Waals surface area contributed by atoms with Crippen LogP contribution in [-0.4, -0.2) is 15.7 Å². The molecule has 4 nitrogen and oxygen atoms in total. The van der Waals surface area contributed by atoms with E-state index in [-0.39, 0.29) is 11.8 Å². The molecule has 1 aromatic heterocycles. The van der Waals surface area contributed by atoms with Gasteiger partial charge in [-0.1, -0.05) is 18.2 Å². The van der Waals surface area contributed by atoms with E-state index in [1.807, 2.05) is 36.4 Å². The van der Waals surface area contributed by atoms with Crippen LogP contribution in [-0.2, 0) is 4.79 Å². The van der Waals surface area contributed by atoms with Crippen molar-refractivity contribution < 1.29 is 4.79 Å². The van der Waals surface area contributed by atoms with Crippen LogP contribution in [0.1, 0.15) is 12.8 Å². The Morgan fingerprint density at radius 2 is 2.00 bits per heavy atom. The third kappa shape index (κ3) is 2.06. The Kier molecular flexibility index (Phi) is 2.40. The Balaban J connectivity index is 1.86. The van der Waals surface area contributed by atoms with Gasteiger partial charge in [0.2, 0.25) is 5.91 Å². The van der Waals surface area contributed by atoms with Crippen molar-refractivity contribution in [1.29, 1.82) is 0 Å². The van der Waals surface area contributed by atoms with E-state index in [1.165, 1.54) is 0 Å². The number of benzene rings is 1. The first-order chi connectivity index (χ1) is 8.34. The first-order valence-corrected chi connectivity index (χ1v) is 5.75. The number of anilines is 1. The van der Waals surface area contributed by atoms with Gasteiger partial charge in [0.05, 0.1) is 11.9 Å². The van der Waals surface area contributed by atoms with Crippen LogP contribution in [0.5, 0.6) is 0 Å². The fourth-order valence-corrected chi connectivity index (χ4v) is 1.75. The summed E-state index contributed by atoms with van der Waals surface area (Å²) in [5.74, 6) is 1.03. The quantitative estimate of drug-likeness (QED) is 0.874. The van der Waals surface area contributed by atoms with Gasteiger partial charge in [0.1, 0.15) is 5.82 Å². The molecule has 1 aliphatic carbocycles. The molecule has 86 valence electrons. The summed E-state index contributed by atoms with van der Waals surface area (Å²) in [6.07, 6.45) is 3.70. The number of aromatic nitrogens is 2. The normalized spacial score (nSPS) is 14.6. The molecule has 1 amide bonds. The molecular weight excluding hydrogens is 214 g/mol. The van der Waals surface area contributed by atoms with Crippen molar-refractivity contribution in [2.24, 2.45) is 5.92 Å². The number of amides is 1. The fraction of sp³-hybridized carbons (Fsp3) is 0.231. The second-order valence-electron chi connectivity index (χ2n) is 4.23. The third-order valence-electron chi connectivity index (χ3n) is 2.84. The van der Waals surface area contributed by atoms with Crippen molar-refractivity contribution in [3.05, 3.63) is 42.6 Å². The van der Waals surface area contributed by atoms with E-state index >= 15 is 0 Å². The van der Waals surface area contributed by atoms with Crippen molar-refractivity contribution in [3.63, 3.8) is 0 Å². The molecule has 1 saturated carbocycles. The van der Waals surface area contributed by atoms with Crippen LogP contribution in [0.3, 0.4) is 0 Å². The first-order valence-electron chi connectivity index (χ1n) is 5.75. The molecule has 1 aromatic carbocycles. The van der Waals surface area contributed by atoms with Gasteiger partial charge >= 0.3 is 0 Å². The molecule has 2 aromatic rings. The van der Waals surface area contributed by atoms with Gasteiger partial charge in [-0.15, -0.1) is 0 Å². The number of hydrogen-bond acceptors (Lipinski definition) is 2. The Hall–Kier alpha value is -2.10. The standard InChI is InChI=1S/C13H13N3O/c17-13(10-6-7-10)15-12-8-9-14-16(12)11-4-2-1-3-5-11/h1-5,8-10H,6-7H2,(H,15,17). The van der Waals surface area contributed by atoms with Crippen LogP contribution in [0.15, 0.2) is 42.6 Å². The van der Waals surface area contributed by atoms with Crippen LogP contribution in [0.4, 0.5) is 5.82 Å². The second kappa shape index (κ2) is 4.05. The van der Waals surface area contributed by atoms with E-state index in [1.54, 1.807) is 10.9 Å². The Labute approximate surface area is 99.3 Å². The maximum atomic E-state index is 11.7. The third-order valence-corrected chi connectivity index (χ3v) is 2.84. The summed E-state index contributed by atoms with van der Waals surface area (Å²) in [5.41, 5.74) is 0.948. The molecule has 4 heteroatoms. The smallest absolute Gasteiger partial charge is 0.228 e. The van der Waals surface area contributed by atoms with Gasteiger partial charge in [-0.2, -0.15) is 5.10 Å². The number of rotatable bonds is 3. The Morgan fingerprint density at radius 3 is 2.71 bits per heavy atom. The van der Waals surface area contributed by atoms with Crippen LogP contribution >= 0.6 is 0 Å². The lowest BCUT2D eigenvalue weighted by molar-refractivity contribution is -0.117. The van der Waals surface area contributed by atoms with Crippen molar-refractivity contribution in [1.82, 2.24) is 9.78 Å². The number of carbonyl (C=O) groups excluding carboxylic acids is 1. The van der Waals surface area contributed by atoms with Gasteiger partial charge in [-0.25, -0.2) is 4.68 Å². The number of hydrogen-bond donors (Lipinski definition) is 1. The van der Waals surface area contributed by atoms with Crippen LogP contribution in [0, 0.1) is 5.92 Å². The van der Waals surface area contributed by atoms with E-state index in [0.717, 1.165) is 24.3 Å². The maximum Gasteiger partial charge on any atom is 0.228 e. The number of carbonyl (C=O) groups is 1. The van der Waals surface area contributed by atoms with Crippen LogP contribution < -0.4 is 5.32 Å². The molecule has 0 spiro atoms. The number of nitrogens with one attached hydrogen (secondary N) is 1. The zero-order valence-electron chi connectivity index (χ0n) is 9.34. The van der Waals surface area contributed by atoms with E-state index in [4.69, 9.17) is 0 Å². The molecule has 1 N–H and O–H groups in total. The zero-order valence-corrected chi connectivity index (χ0v) is 9.34. The highest BCUT2D eigenvalue weighted by molar-refractivity contribution is 5.93. The van der Waals surface area contributed by atoms with E-state index < -0.39 is 0 Å². The molecule has 0 radical (unpaired) electrons. The highest BCUT2D eigenvalue weighted by Crippen LogP contribution is 2.30. The largest absolute Gasteiger partial charge is 0.310 e. The molecule has 1 fully saturated rings. The molecule has 0 bridgehead atoms. The van der Waals surface area contributed by atoms with Crippen LogP contribution in [0.25, 0.3) is 5.69 Å². The molecule has 17 heavy (non-hydrogen) atoms. The average Bonchev–Trinajstić information content (AvgIpc) is 3.12. The molecule has 1 aliphatic rings. The summed E-state index contributed by atoms with van der Waals surface area (Å²) in [5, 5.41) is 7.13. The zero-order chi connectivity index (χ0) is 11.7. The molecule has 1 heterocycles. The van der Waals surface area contributed by atoms with Crippen LogP contribution in [0.2, 0.25) is 0 Å². The summed E-state index contributed by atoms with van der Waals surface area (Å²) in [6, 6.07) is 11.6. The lowest BCUT2D eigenvalue weighted by atomic mass is 10.3. The SMILES string of the molecule is O=C(Nc1ccnn1-c1ccccc1)C1CC1. The van der Waals surface area contributed by atoms with Gasteiger partial charge in [-0.05, 0) is 25.0 Å². The lowest BCUT2D eigenvalue weighted by Crippen LogP contribution is -2.16. The highest BCUT2D eigenvalue weighted by atomic mass is 16.2. The maximum absolute atomic E-state index is 11.7. The summed E-state index contributed by atoms with van der Waals surface area (Å²) < 4.78 is 1.74.